The molecule has 0 heterocycles. The normalized spacial score (nSPS) is 11.4. The summed E-state index contributed by atoms with van der Waals surface area (Å²) in [6, 6.07) is -0.0714. The Kier molecular flexibility index (Phi) is 3.95. The average Bonchev–Trinajstić information content (AvgIpc) is 2.29. The van der Waals surface area contributed by atoms with Crippen LogP contribution < -0.4 is 4.74 Å². The van der Waals surface area contributed by atoms with Crippen molar-refractivity contribution >= 4 is 17.3 Å². The molecule has 100 valence electrons. The highest BCUT2D eigenvalue weighted by atomic mass is 35.5. The van der Waals surface area contributed by atoms with Gasteiger partial charge in [0.2, 0.25) is 17.4 Å². The average molecular weight is 292 g/mol. The highest BCUT2D eigenvalue weighted by molar-refractivity contribution is 6.18. The highest BCUT2D eigenvalue weighted by Crippen LogP contribution is 2.33. The van der Waals surface area contributed by atoms with Gasteiger partial charge in [0.1, 0.15) is 5.88 Å². The van der Waals surface area contributed by atoms with Crippen LogP contribution in [0.4, 0.5) is 27.6 Å². The Hall–Kier alpha value is -1.64. The van der Waals surface area contributed by atoms with E-state index in [-0.39, 0.29) is 6.07 Å². The van der Waals surface area contributed by atoms with E-state index in [0.717, 1.165) is 0 Å². The van der Waals surface area contributed by atoms with Crippen molar-refractivity contribution in [2.75, 3.05) is 5.88 Å². The lowest BCUT2D eigenvalue weighted by atomic mass is 10.2. The van der Waals surface area contributed by atoms with E-state index in [2.05, 4.69) is 4.74 Å². The Labute approximate surface area is 101 Å². The molecule has 0 N–H and O–H groups in total. The Morgan fingerprint density at radius 2 is 1.89 bits per heavy atom. The fraction of sp³-hybridized carbons (Fsp3) is 0.250. The molecule has 0 aliphatic heterocycles. The number of halogens is 6. The van der Waals surface area contributed by atoms with Gasteiger partial charge in [0.05, 0.1) is 11.0 Å². The molecule has 0 aromatic heterocycles. The van der Waals surface area contributed by atoms with Gasteiger partial charge < -0.3 is 4.74 Å². The van der Waals surface area contributed by atoms with Crippen molar-refractivity contribution in [1.82, 2.24) is 0 Å². The minimum atomic E-state index is -4.15. The van der Waals surface area contributed by atoms with Crippen molar-refractivity contribution in [2.24, 2.45) is 0 Å². The van der Waals surface area contributed by atoms with Gasteiger partial charge in [-0.05, 0) is 0 Å². The molecule has 0 radical (unpaired) electrons. The molecule has 0 aliphatic carbocycles. The van der Waals surface area contributed by atoms with E-state index in [1.54, 1.807) is 0 Å². The molecular weight excluding hydrogens is 289 g/mol. The van der Waals surface area contributed by atoms with Crippen molar-refractivity contribution in [3.8, 4) is 5.75 Å². The van der Waals surface area contributed by atoms with E-state index in [4.69, 9.17) is 11.6 Å². The third-order valence-electron chi connectivity index (χ3n) is 1.70. The fourth-order valence-electron chi connectivity index (χ4n) is 0.969. The van der Waals surface area contributed by atoms with Crippen LogP contribution >= 0.6 is 11.6 Å². The van der Waals surface area contributed by atoms with Crippen LogP contribution in [0, 0.1) is 27.6 Å². The van der Waals surface area contributed by atoms with Gasteiger partial charge in [-0.1, -0.05) is 0 Å². The van der Waals surface area contributed by atoms with E-state index >= 15 is 0 Å². The minimum absolute atomic E-state index is 0.0714. The van der Waals surface area contributed by atoms with Gasteiger partial charge in [-0.15, -0.1) is 11.6 Å². The predicted octanol–water partition coefficient (Wildman–Crippen LogP) is 3.22. The van der Waals surface area contributed by atoms with Crippen LogP contribution in [0.15, 0.2) is 6.07 Å². The number of nitro benzene ring substituents is 1. The lowest BCUT2D eigenvalue weighted by Crippen LogP contribution is -2.27. The number of rotatable bonds is 4. The Morgan fingerprint density at radius 3 is 2.33 bits per heavy atom. The lowest BCUT2D eigenvalue weighted by molar-refractivity contribution is -0.388. The summed E-state index contributed by atoms with van der Waals surface area (Å²) in [5.74, 6) is -9.40. The summed E-state index contributed by atoms with van der Waals surface area (Å²) in [4.78, 5) is 8.79. The molecule has 0 bridgehead atoms. The van der Waals surface area contributed by atoms with Crippen molar-refractivity contribution in [3.05, 3.63) is 33.6 Å². The van der Waals surface area contributed by atoms with Crippen LogP contribution in [0.5, 0.6) is 5.75 Å². The molecule has 0 aliphatic rings. The molecule has 0 saturated carbocycles. The molecule has 0 unspecified atom stereocenters. The molecule has 1 aromatic carbocycles. The number of nitro groups is 1. The third-order valence-corrected chi connectivity index (χ3v) is 2.01. The zero-order valence-corrected chi connectivity index (χ0v) is 8.98. The molecule has 4 nitrogen and oxygen atoms in total. The van der Waals surface area contributed by atoms with Crippen molar-refractivity contribution < 1.29 is 31.6 Å². The van der Waals surface area contributed by atoms with Gasteiger partial charge in [-0.25, -0.2) is 4.39 Å². The summed E-state index contributed by atoms with van der Waals surface area (Å²) in [6.45, 7) is 0. The van der Waals surface area contributed by atoms with Gasteiger partial charge in [-0.2, -0.15) is 17.6 Å². The molecule has 0 amide bonds. The first-order valence-corrected chi connectivity index (χ1v) is 4.67. The first kappa shape index (κ1) is 14.4. The van der Waals surface area contributed by atoms with Crippen LogP contribution in [-0.2, 0) is 0 Å². The van der Waals surface area contributed by atoms with Gasteiger partial charge in [0.15, 0.2) is 5.82 Å². The molecule has 0 spiro atoms. The molecule has 0 fully saturated rings. The van der Waals surface area contributed by atoms with E-state index < -0.39 is 45.8 Å². The number of hydrogen-bond donors (Lipinski definition) is 0. The second-order valence-corrected chi connectivity index (χ2v) is 3.23. The fourth-order valence-corrected chi connectivity index (χ4v) is 1.02. The maximum atomic E-state index is 13.1. The van der Waals surface area contributed by atoms with Crippen LogP contribution in [0.1, 0.15) is 0 Å². The van der Waals surface area contributed by atoms with Crippen molar-refractivity contribution in [2.45, 2.75) is 6.11 Å². The van der Waals surface area contributed by atoms with Crippen LogP contribution in [0.2, 0.25) is 0 Å². The minimum Gasteiger partial charge on any atom is -0.425 e. The van der Waals surface area contributed by atoms with Gasteiger partial charge >= 0.3 is 11.8 Å². The quantitative estimate of drug-likeness (QED) is 0.281. The second-order valence-electron chi connectivity index (χ2n) is 2.96. The number of alkyl halides is 3. The van der Waals surface area contributed by atoms with Crippen LogP contribution in [-0.4, -0.2) is 16.9 Å². The number of benzene rings is 1. The number of ether oxygens (including phenoxy) is 1. The molecule has 0 saturated heterocycles. The second kappa shape index (κ2) is 4.92. The smallest absolute Gasteiger partial charge is 0.411 e. The Balaban J connectivity index is 3.32. The summed E-state index contributed by atoms with van der Waals surface area (Å²) < 4.78 is 68.1. The number of nitrogens with zero attached hydrogens (tertiary/aromatic N) is 1. The summed E-state index contributed by atoms with van der Waals surface area (Å²) in [6.07, 6.45) is -4.15. The summed E-state index contributed by atoms with van der Waals surface area (Å²) in [7, 11) is 0. The first-order valence-electron chi connectivity index (χ1n) is 4.14. The zero-order valence-electron chi connectivity index (χ0n) is 8.22. The van der Waals surface area contributed by atoms with Gasteiger partial charge in [-0.3, -0.25) is 10.1 Å². The van der Waals surface area contributed by atoms with Gasteiger partial charge in [0.25, 0.3) is 0 Å². The van der Waals surface area contributed by atoms with Crippen molar-refractivity contribution in [3.63, 3.8) is 0 Å². The highest BCUT2D eigenvalue weighted by Gasteiger charge is 2.36. The SMILES string of the molecule is O=[N+]([O-])c1cc(F)c(OC(F)(F)CCl)c(F)c1F. The lowest BCUT2D eigenvalue weighted by Gasteiger charge is -2.16. The topological polar surface area (TPSA) is 52.4 Å². The van der Waals surface area contributed by atoms with Gasteiger partial charge in [0, 0.05) is 0 Å². The maximum Gasteiger partial charge on any atom is 0.411 e. The van der Waals surface area contributed by atoms with Crippen molar-refractivity contribution in [1.29, 1.82) is 0 Å². The molecule has 1 rings (SSSR count). The van der Waals surface area contributed by atoms with E-state index in [1.165, 1.54) is 0 Å². The molecular formula is C8H3ClF5NO3. The molecule has 0 atom stereocenters. The van der Waals surface area contributed by atoms with E-state index in [0.29, 0.717) is 0 Å². The molecule has 10 heteroatoms. The predicted molar refractivity (Wildman–Crippen MR) is 49.3 cm³/mol. The van der Waals surface area contributed by atoms with Crippen LogP contribution in [0.3, 0.4) is 0 Å². The largest absolute Gasteiger partial charge is 0.425 e. The van der Waals surface area contributed by atoms with Crippen LogP contribution in [0.25, 0.3) is 0 Å². The Morgan fingerprint density at radius 1 is 1.33 bits per heavy atom. The summed E-state index contributed by atoms with van der Waals surface area (Å²) in [5, 5.41) is 10.2. The maximum absolute atomic E-state index is 13.1. The summed E-state index contributed by atoms with van der Waals surface area (Å²) >= 11 is 4.75. The summed E-state index contributed by atoms with van der Waals surface area (Å²) in [5.41, 5.74) is -1.54. The molecule has 18 heavy (non-hydrogen) atoms. The standard InChI is InChI=1S/C8H3ClF5NO3/c9-2-8(13,14)18-7-3(10)1-4(15(16)17)5(11)6(7)12/h1H,2H2. The third kappa shape index (κ3) is 2.78. The molecule has 1 aromatic rings. The monoisotopic (exact) mass is 291 g/mol. The van der Waals surface area contributed by atoms with E-state index in [1.807, 2.05) is 0 Å². The number of hydrogen-bond acceptors (Lipinski definition) is 3. The zero-order chi connectivity index (χ0) is 14.1. The van der Waals surface area contributed by atoms with E-state index in [9.17, 15) is 32.1 Å². The first-order chi connectivity index (χ1) is 8.19. The Bertz CT molecular complexity index is 496.